The summed E-state index contributed by atoms with van der Waals surface area (Å²) < 4.78 is 11.7. The second-order valence-electron chi connectivity index (χ2n) is 7.40. The van der Waals surface area contributed by atoms with E-state index in [0.29, 0.717) is 16.6 Å². The quantitative estimate of drug-likeness (QED) is 0.869. The topological polar surface area (TPSA) is 63.7 Å². The van der Waals surface area contributed by atoms with Gasteiger partial charge in [0.15, 0.2) is 16.6 Å². The van der Waals surface area contributed by atoms with Crippen molar-refractivity contribution in [2.45, 2.75) is 45.4 Å². The monoisotopic (exact) mass is 387 g/mol. The molecule has 3 heterocycles. The van der Waals surface area contributed by atoms with Crippen molar-refractivity contribution in [3.8, 4) is 11.5 Å². The Morgan fingerprint density at radius 3 is 2.67 bits per heavy atom. The van der Waals surface area contributed by atoms with Gasteiger partial charge in [0.1, 0.15) is 6.10 Å². The van der Waals surface area contributed by atoms with E-state index in [1.54, 1.807) is 0 Å². The normalized spacial score (nSPS) is 23.2. The summed E-state index contributed by atoms with van der Waals surface area (Å²) in [5, 5.41) is 5.51. The van der Waals surface area contributed by atoms with Gasteiger partial charge in [-0.25, -0.2) is 4.98 Å². The second kappa shape index (κ2) is 7.86. The van der Waals surface area contributed by atoms with Gasteiger partial charge in [-0.05, 0) is 50.9 Å². The summed E-state index contributed by atoms with van der Waals surface area (Å²) in [7, 11) is 0. The van der Waals surface area contributed by atoms with Crippen LogP contribution in [0.25, 0.3) is 0 Å². The van der Waals surface area contributed by atoms with Crippen molar-refractivity contribution in [3.63, 3.8) is 0 Å². The molecule has 27 heavy (non-hydrogen) atoms. The molecule has 6 nitrogen and oxygen atoms in total. The van der Waals surface area contributed by atoms with E-state index >= 15 is 0 Å². The second-order valence-corrected chi connectivity index (χ2v) is 8.26. The van der Waals surface area contributed by atoms with E-state index in [4.69, 9.17) is 9.47 Å². The first-order valence-corrected chi connectivity index (χ1v) is 10.4. The van der Waals surface area contributed by atoms with Crippen LogP contribution in [0.15, 0.2) is 29.6 Å². The van der Waals surface area contributed by atoms with Crippen molar-refractivity contribution < 1.29 is 14.3 Å². The standard InChI is InChI=1S/C20H25N3O3S/c1-13-7-9-23(10-8-13)11-15-12-27-20(21-15)22-19(24)18-14(2)25-16-5-3-4-6-17(16)26-18/h3-6,12-14,18H,7-11H2,1-2H3,(H,21,22,24). The Labute approximate surface area is 163 Å². The lowest BCUT2D eigenvalue weighted by Crippen LogP contribution is -2.46. The summed E-state index contributed by atoms with van der Waals surface area (Å²) in [5.74, 6) is 1.84. The Bertz CT molecular complexity index is 801. The van der Waals surface area contributed by atoms with Gasteiger partial charge in [-0.3, -0.25) is 15.0 Å². The summed E-state index contributed by atoms with van der Waals surface area (Å²) in [6, 6.07) is 7.40. The lowest BCUT2D eigenvalue weighted by atomic mass is 9.99. The fourth-order valence-corrected chi connectivity index (χ4v) is 4.17. The lowest BCUT2D eigenvalue weighted by Gasteiger charge is -2.30. The first-order chi connectivity index (χ1) is 13.1. The highest BCUT2D eigenvalue weighted by Crippen LogP contribution is 2.33. The predicted octanol–water partition coefficient (Wildman–Crippen LogP) is 3.54. The fourth-order valence-electron chi connectivity index (χ4n) is 3.47. The molecule has 2 aliphatic heterocycles. The van der Waals surface area contributed by atoms with Crippen molar-refractivity contribution in [3.05, 3.63) is 35.3 Å². The molecule has 2 aliphatic rings. The molecule has 144 valence electrons. The average Bonchev–Trinajstić information content (AvgIpc) is 3.09. The minimum Gasteiger partial charge on any atom is -0.482 e. The third kappa shape index (κ3) is 4.25. The van der Waals surface area contributed by atoms with Gasteiger partial charge < -0.3 is 9.47 Å². The van der Waals surface area contributed by atoms with E-state index in [1.165, 1.54) is 24.2 Å². The minimum atomic E-state index is -0.698. The lowest BCUT2D eigenvalue weighted by molar-refractivity contribution is -0.128. The molecule has 0 saturated carbocycles. The molecule has 2 unspecified atom stereocenters. The Morgan fingerprint density at radius 2 is 1.93 bits per heavy atom. The molecule has 1 fully saturated rings. The Morgan fingerprint density at radius 1 is 1.22 bits per heavy atom. The van der Waals surface area contributed by atoms with Gasteiger partial charge in [0.2, 0.25) is 6.10 Å². The molecular formula is C20H25N3O3S. The molecule has 0 radical (unpaired) electrons. The van der Waals surface area contributed by atoms with E-state index < -0.39 is 6.10 Å². The van der Waals surface area contributed by atoms with Crippen LogP contribution in [0.3, 0.4) is 0 Å². The Hall–Kier alpha value is -2.12. The first kappa shape index (κ1) is 18.3. The number of piperidine rings is 1. The van der Waals surface area contributed by atoms with E-state index in [1.807, 2.05) is 36.6 Å². The van der Waals surface area contributed by atoms with Crippen LogP contribution in [0.5, 0.6) is 11.5 Å². The number of ether oxygens (including phenoxy) is 2. The van der Waals surface area contributed by atoms with Crippen molar-refractivity contribution in [1.82, 2.24) is 9.88 Å². The van der Waals surface area contributed by atoms with Crippen LogP contribution in [0.2, 0.25) is 0 Å². The van der Waals surface area contributed by atoms with E-state index in [2.05, 4.69) is 22.1 Å². The highest BCUT2D eigenvalue weighted by Gasteiger charge is 2.34. The number of benzene rings is 1. The number of amides is 1. The summed E-state index contributed by atoms with van der Waals surface area (Å²) in [6.07, 6.45) is 1.42. The number of anilines is 1. The van der Waals surface area contributed by atoms with E-state index in [-0.39, 0.29) is 12.0 Å². The number of likely N-dealkylation sites (tertiary alicyclic amines) is 1. The molecule has 2 aromatic rings. The van der Waals surface area contributed by atoms with Crippen molar-refractivity contribution >= 4 is 22.4 Å². The number of thiazole rings is 1. The SMILES string of the molecule is CC1CCN(Cc2csc(NC(=O)C3Oc4ccccc4OC3C)n2)CC1. The molecule has 4 rings (SSSR count). The molecule has 1 amide bonds. The van der Waals surface area contributed by atoms with Crippen molar-refractivity contribution in [2.24, 2.45) is 5.92 Å². The first-order valence-electron chi connectivity index (χ1n) is 9.48. The largest absolute Gasteiger partial charge is 0.482 e. The zero-order valence-corrected chi connectivity index (χ0v) is 16.5. The molecule has 0 bridgehead atoms. The molecule has 1 saturated heterocycles. The number of carbonyl (C=O) groups excluding carboxylic acids is 1. The fraction of sp³-hybridized carbons (Fsp3) is 0.500. The summed E-state index contributed by atoms with van der Waals surface area (Å²) in [4.78, 5) is 19.7. The van der Waals surface area contributed by atoms with Gasteiger partial charge in [-0.2, -0.15) is 0 Å². The number of nitrogens with zero attached hydrogens (tertiary/aromatic N) is 2. The number of carbonyl (C=O) groups is 1. The number of fused-ring (bicyclic) bond motifs is 1. The van der Waals surface area contributed by atoms with Crippen LogP contribution in [0.1, 0.15) is 32.4 Å². The number of hydrogen-bond donors (Lipinski definition) is 1. The summed E-state index contributed by atoms with van der Waals surface area (Å²) in [6.45, 7) is 7.22. The maximum absolute atomic E-state index is 12.7. The van der Waals surface area contributed by atoms with Crippen LogP contribution >= 0.6 is 11.3 Å². The smallest absolute Gasteiger partial charge is 0.271 e. The highest BCUT2D eigenvalue weighted by atomic mass is 32.1. The van der Waals surface area contributed by atoms with Gasteiger partial charge in [0.25, 0.3) is 5.91 Å². The van der Waals surface area contributed by atoms with Crippen molar-refractivity contribution in [1.29, 1.82) is 0 Å². The third-order valence-corrected chi connectivity index (χ3v) is 5.95. The molecule has 1 aromatic heterocycles. The molecule has 0 aliphatic carbocycles. The van der Waals surface area contributed by atoms with Crippen LogP contribution in [-0.4, -0.2) is 41.1 Å². The summed E-state index contributed by atoms with van der Waals surface area (Å²) >= 11 is 1.45. The van der Waals surface area contributed by atoms with Crippen LogP contribution < -0.4 is 14.8 Å². The molecular weight excluding hydrogens is 362 g/mol. The third-order valence-electron chi connectivity index (χ3n) is 5.14. The number of nitrogens with one attached hydrogen (secondary N) is 1. The zero-order valence-electron chi connectivity index (χ0n) is 15.7. The molecule has 0 spiro atoms. The Balaban J connectivity index is 1.35. The minimum absolute atomic E-state index is 0.232. The number of para-hydroxylation sites is 2. The molecule has 1 N–H and O–H groups in total. The summed E-state index contributed by atoms with van der Waals surface area (Å²) in [5.41, 5.74) is 1.00. The van der Waals surface area contributed by atoms with Gasteiger partial charge in [-0.15, -0.1) is 11.3 Å². The zero-order chi connectivity index (χ0) is 18.8. The Kier molecular flexibility index (Phi) is 5.31. The van der Waals surface area contributed by atoms with Gasteiger partial charge in [-0.1, -0.05) is 19.1 Å². The van der Waals surface area contributed by atoms with Crippen molar-refractivity contribution in [2.75, 3.05) is 18.4 Å². The van der Waals surface area contributed by atoms with Gasteiger partial charge in [0.05, 0.1) is 5.69 Å². The molecule has 1 aromatic carbocycles. The number of hydrogen-bond acceptors (Lipinski definition) is 6. The maximum atomic E-state index is 12.7. The van der Waals surface area contributed by atoms with Crippen LogP contribution in [-0.2, 0) is 11.3 Å². The van der Waals surface area contributed by atoms with Gasteiger partial charge >= 0.3 is 0 Å². The maximum Gasteiger partial charge on any atom is 0.271 e. The van der Waals surface area contributed by atoms with Crippen LogP contribution in [0, 0.1) is 5.92 Å². The number of aromatic nitrogens is 1. The van der Waals surface area contributed by atoms with E-state index in [0.717, 1.165) is 31.2 Å². The molecule has 2 atom stereocenters. The molecule has 7 heteroatoms. The average molecular weight is 388 g/mol. The highest BCUT2D eigenvalue weighted by molar-refractivity contribution is 7.13. The predicted molar refractivity (Wildman–Crippen MR) is 105 cm³/mol. The number of rotatable bonds is 4. The van der Waals surface area contributed by atoms with E-state index in [9.17, 15) is 4.79 Å². The van der Waals surface area contributed by atoms with Gasteiger partial charge in [0, 0.05) is 11.9 Å². The van der Waals surface area contributed by atoms with Crippen LogP contribution in [0.4, 0.5) is 5.13 Å².